The summed E-state index contributed by atoms with van der Waals surface area (Å²) >= 11 is 0. The lowest BCUT2D eigenvalue weighted by Crippen LogP contribution is -2.45. The summed E-state index contributed by atoms with van der Waals surface area (Å²) in [5.41, 5.74) is 17.3. The number of anilines is 8. The smallest absolute Gasteiger partial charge is 0.229 e. The molecule has 0 radical (unpaired) electrons. The Kier molecular flexibility index (Phi) is 21.9. The lowest BCUT2D eigenvalue weighted by molar-refractivity contribution is -0.131. The highest BCUT2D eigenvalue weighted by molar-refractivity contribution is 5.95. The Bertz CT molecular complexity index is 6630. The van der Waals surface area contributed by atoms with E-state index >= 15 is 0 Å². The summed E-state index contributed by atoms with van der Waals surface area (Å²) in [6.07, 6.45) is 12.3. The van der Waals surface area contributed by atoms with Crippen molar-refractivity contribution < 1.29 is 32.1 Å². The fourth-order valence-electron chi connectivity index (χ4n) is 14.7. The standard InChI is InChI=1S/C24H21N7O2.C23H20N6O2.C22H25N7O.C18H18FN5O/c32-22(31-12-4-7-20(31)17-5-1-2-10-25-17)14-19-16-9-8-15(13-21(16)33-30-19)27-24-23-18(28-29-24)6-3-11-26-23;1-29(14-15-6-3-2-4-7-15)21(30)13-19-17-10-9-16(12-20(17)31-28-19)25-23-22-18(26-27-23)8-5-11-24-22;1-3-28-9-11-29(12-10-28)15(2)13-19-17-7-6-16(14-20(17)30-27-19)24-22-21-18(25-26-22)5-4-8-23-21;1-18(2,3)9-13-10-6-7-11(14(19)16(10)25-24-13)21-17-15-12(22-23-17)5-4-8-20-15/h1-3,5-6,8-11,13,20H,4,7,12,14H2,(H2,27,28,29);2-12H,13-14H2,1H3,(H2,25,26,27);4-8,14H,2-3,9-13H2,1H3,(H2,24,25,26);4-8H,9H2,1-3H3,(H2,21,22,23). The van der Waals surface area contributed by atoms with Crippen molar-refractivity contribution in [2.24, 2.45) is 5.41 Å². The molecule has 1 unspecified atom stereocenters. The Hall–Kier alpha value is -14.8. The molecule has 8 N–H and O–H groups in total. The zero-order valence-electron chi connectivity index (χ0n) is 65.9. The topological polar surface area (TPSA) is 379 Å². The van der Waals surface area contributed by atoms with Crippen LogP contribution >= 0.6 is 0 Å². The predicted molar refractivity (Wildman–Crippen MR) is 453 cm³/mol. The van der Waals surface area contributed by atoms with Crippen molar-refractivity contribution in [3.63, 3.8) is 0 Å². The number of H-pyrrole nitrogens is 4. The van der Waals surface area contributed by atoms with Crippen LogP contribution in [-0.2, 0) is 41.8 Å². The molecule has 31 nitrogen and oxygen atoms in total. The van der Waals surface area contributed by atoms with Gasteiger partial charge in [0, 0.05) is 146 Å². The lowest BCUT2D eigenvalue weighted by atomic mass is 9.89. The van der Waals surface area contributed by atoms with E-state index < -0.39 is 5.82 Å². The molecule has 13 aromatic heterocycles. The van der Waals surface area contributed by atoms with Gasteiger partial charge in [-0.3, -0.25) is 54.9 Å². The molecule has 32 heteroatoms. The van der Waals surface area contributed by atoms with Crippen LogP contribution in [0.25, 0.3) is 88.0 Å². The number of carbonyl (C=O) groups is 2. The van der Waals surface area contributed by atoms with Crippen LogP contribution in [0.1, 0.15) is 80.6 Å². The molecular weight excluding hydrogens is 1510 g/mol. The molecular formula is C87H84FN25O6. The second-order valence-corrected chi connectivity index (χ2v) is 30.3. The zero-order chi connectivity index (χ0) is 81.5. The normalized spacial score (nSPS) is 13.7. The third kappa shape index (κ3) is 17.1. The molecule has 1 atom stereocenters. The number of likely N-dealkylation sites (N-methyl/N-ethyl adjacent to an activating group) is 2. The van der Waals surface area contributed by atoms with E-state index in [1.807, 2.05) is 163 Å². The van der Waals surface area contributed by atoms with Crippen LogP contribution in [0.4, 0.5) is 50.4 Å². The number of nitrogens with one attached hydrogen (secondary N) is 8. The first-order chi connectivity index (χ1) is 58.1. The molecule has 0 spiro atoms. The predicted octanol–water partition coefficient (Wildman–Crippen LogP) is 16.3. The molecule has 18 aromatic rings. The number of benzene rings is 5. The van der Waals surface area contributed by atoms with E-state index in [4.69, 9.17) is 18.1 Å². The molecule has 600 valence electrons. The van der Waals surface area contributed by atoms with E-state index in [0.29, 0.717) is 76.1 Å². The summed E-state index contributed by atoms with van der Waals surface area (Å²) in [6.45, 7) is 19.4. The molecule has 0 saturated carbocycles. The number of nitrogens with zero attached hydrogens (tertiary/aromatic N) is 17. The van der Waals surface area contributed by atoms with Crippen LogP contribution in [0, 0.1) is 11.2 Å². The minimum Gasteiger partial charge on any atom is -0.372 e. The minimum atomic E-state index is -0.489. The van der Waals surface area contributed by atoms with Gasteiger partial charge < -0.3 is 59.0 Å². The number of aromatic nitrogens is 17. The van der Waals surface area contributed by atoms with E-state index in [2.05, 4.69) is 152 Å². The SMILES string of the molecule is C=C(Cc1noc2cc(Nc3n[nH]c4cccnc34)ccc12)N1CCN(CC)CC1.CC(C)(C)Cc1noc2c(F)c(Nc3n[nH]c4cccnc34)ccc12.CN(Cc1ccccc1)C(=O)Cc1noc2cc(Nc3n[nH]c4cccnc34)ccc12.O=C(Cc1noc2cc(Nc3n[nH]c4cccnc34)ccc12)N1CCCC1c1ccccn1. The van der Waals surface area contributed by atoms with Gasteiger partial charge in [0.2, 0.25) is 17.4 Å². The summed E-state index contributed by atoms with van der Waals surface area (Å²) in [7, 11) is 1.79. The van der Waals surface area contributed by atoms with Gasteiger partial charge in [0.1, 0.15) is 33.5 Å². The maximum atomic E-state index is 14.9. The number of halogens is 1. The highest BCUT2D eigenvalue weighted by Gasteiger charge is 2.32. The molecule has 2 aliphatic rings. The van der Waals surface area contributed by atoms with Crippen molar-refractivity contribution in [1.29, 1.82) is 0 Å². The average Bonchev–Trinajstić information content (AvgIpc) is 1.65. The number of likely N-dealkylation sites (tertiary alicyclic amines) is 1. The zero-order valence-corrected chi connectivity index (χ0v) is 65.9. The second-order valence-electron chi connectivity index (χ2n) is 30.3. The summed E-state index contributed by atoms with van der Waals surface area (Å²) in [5, 5.41) is 61.6. The molecule has 5 aromatic carbocycles. The molecule has 2 saturated heterocycles. The first-order valence-electron chi connectivity index (χ1n) is 39.2. The fourth-order valence-corrected chi connectivity index (χ4v) is 14.7. The van der Waals surface area contributed by atoms with Crippen molar-refractivity contribution in [1.82, 2.24) is 106 Å². The number of pyridine rings is 5. The van der Waals surface area contributed by atoms with E-state index in [-0.39, 0.29) is 47.4 Å². The number of piperazine rings is 1. The summed E-state index contributed by atoms with van der Waals surface area (Å²) < 4.78 is 36.8. The van der Waals surface area contributed by atoms with E-state index in [1.54, 1.807) is 49.0 Å². The molecule has 0 aliphatic carbocycles. The molecule has 2 amide bonds. The number of rotatable bonds is 20. The van der Waals surface area contributed by atoms with E-state index in [9.17, 15) is 14.0 Å². The number of hydrogen-bond acceptors (Lipinski definition) is 25. The monoisotopic (exact) mass is 1590 g/mol. The van der Waals surface area contributed by atoms with Crippen molar-refractivity contribution in [3.05, 3.63) is 247 Å². The summed E-state index contributed by atoms with van der Waals surface area (Å²) in [6, 6.07) is 51.6. The average molecular weight is 1590 g/mol. The quantitative estimate of drug-likeness (QED) is 0.0351. The van der Waals surface area contributed by atoms with Gasteiger partial charge in [-0.25, -0.2) is 4.39 Å². The van der Waals surface area contributed by atoms with Gasteiger partial charge >= 0.3 is 0 Å². The second kappa shape index (κ2) is 33.9. The minimum absolute atomic E-state index is 0.0182. The van der Waals surface area contributed by atoms with Gasteiger partial charge in [0.05, 0.1) is 63.7 Å². The molecule has 15 heterocycles. The third-order valence-electron chi connectivity index (χ3n) is 20.9. The van der Waals surface area contributed by atoms with E-state index in [1.165, 1.54) is 0 Å². The highest BCUT2D eigenvalue weighted by Crippen LogP contribution is 2.37. The van der Waals surface area contributed by atoms with Crippen LogP contribution in [-0.4, -0.2) is 164 Å². The third-order valence-corrected chi connectivity index (χ3v) is 20.9. The van der Waals surface area contributed by atoms with Gasteiger partial charge in [-0.05, 0) is 146 Å². The highest BCUT2D eigenvalue weighted by atomic mass is 19.1. The summed E-state index contributed by atoms with van der Waals surface area (Å²) in [5.74, 6) is 1.94. The summed E-state index contributed by atoms with van der Waals surface area (Å²) in [4.78, 5) is 56.0. The van der Waals surface area contributed by atoms with Gasteiger partial charge in [0.15, 0.2) is 45.8 Å². The number of hydrogen-bond donors (Lipinski definition) is 8. The number of fused-ring (bicyclic) bond motifs is 8. The Morgan fingerprint density at radius 2 is 0.975 bits per heavy atom. The molecule has 20 rings (SSSR count). The van der Waals surface area contributed by atoms with Crippen molar-refractivity contribution in [2.75, 3.05) is 67.6 Å². The van der Waals surface area contributed by atoms with Crippen molar-refractivity contribution in [3.8, 4) is 0 Å². The molecule has 119 heavy (non-hydrogen) atoms. The maximum absolute atomic E-state index is 14.9. The van der Waals surface area contributed by atoms with Gasteiger partial charge in [-0.1, -0.05) is 91.3 Å². The van der Waals surface area contributed by atoms with Crippen molar-refractivity contribution in [2.45, 2.75) is 78.8 Å². The fraction of sp³-hybridized carbons (Fsp3) is 0.230. The molecule has 2 aliphatic heterocycles. The van der Waals surface area contributed by atoms with Crippen LogP contribution < -0.4 is 21.3 Å². The molecule has 2 fully saturated rings. The maximum Gasteiger partial charge on any atom is 0.229 e. The Morgan fingerprint density at radius 1 is 0.513 bits per heavy atom. The number of aromatic amines is 4. The molecule has 0 bridgehead atoms. The Balaban J connectivity index is 0.000000114. The van der Waals surface area contributed by atoms with Crippen LogP contribution in [0.5, 0.6) is 0 Å². The lowest BCUT2D eigenvalue weighted by Gasteiger charge is -2.36. The Morgan fingerprint density at radius 3 is 1.46 bits per heavy atom. The van der Waals surface area contributed by atoms with Crippen LogP contribution in [0.2, 0.25) is 0 Å². The van der Waals surface area contributed by atoms with E-state index in [0.717, 1.165) is 158 Å². The van der Waals surface area contributed by atoms with Crippen LogP contribution in [0.15, 0.2) is 225 Å². The van der Waals surface area contributed by atoms with Crippen molar-refractivity contribution >= 4 is 146 Å². The largest absolute Gasteiger partial charge is 0.372 e. The number of carbonyl (C=O) groups excluding carboxylic acids is 2. The first kappa shape index (κ1) is 76.8. The first-order valence-corrected chi connectivity index (χ1v) is 39.2. The Labute approximate surface area is 679 Å². The number of amides is 2. The number of allylic oxidation sites excluding steroid dienone is 1. The van der Waals surface area contributed by atoms with Gasteiger partial charge in [0.25, 0.3) is 0 Å². The van der Waals surface area contributed by atoms with Gasteiger partial charge in [-0.2, -0.15) is 20.4 Å². The van der Waals surface area contributed by atoms with Gasteiger partial charge in [-0.15, -0.1) is 0 Å². The van der Waals surface area contributed by atoms with Crippen LogP contribution in [0.3, 0.4) is 0 Å².